The summed E-state index contributed by atoms with van der Waals surface area (Å²) in [7, 11) is 0. The molecule has 3 aromatic rings. The van der Waals surface area contributed by atoms with E-state index in [1.54, 1.807) is 35.1 Å². The monoisotopic (exact) mass is 351 g/mol. The summed E-state index contributed by atoms with van der Waals surface area (Å²) in [5, 5.41) is 20.9. The van der Waals surface area contributed by atoms with Crippen molar-refractivity contribution >= 4 is 23.0 Å². The first kappa shape index (κ1) is 17.2. The number of carbonyl (C=O) groups excluding carboxylic acids is 1. The molecule has 2 aromatic carbocycles. The lowest BCUT2D eigenvalue weighted by Crippen LogP contribution is -2.16. The van der Waals surface area contributed by atoms with E-state index in [1.807, 2.05) is 30.5 Å². The van der Waals surface area contributed by atoms with Crippen LogP contribution < -0.4 is 10.6 Å². The Morgan fingerprint density at radius 2 is 2.00 bits per heavy atom. The minimum absolute atomic E-state index is 0.0140. The summed E-state index contributed by atoms with van der Waals surface area (Å²) < 4.78 is 1.70. The predicted octanol–water partition coefficient (Wildman–Crippen LogP) is 3.22. The Morgan fingerprint density at radius 1 is 1.15 bits per heavy atom. The summed E-state index contributed by atoms with van der Waals surface area (Å²) in [6.45, 7) is 0.287. The van der Waals surface area contributed by atoms with Crippen LogP contribution in [0.4, 0.5) is 17.1 Å². The minimum Gasteiger partial charge on any atom is -0.379 e. The third-order valence-corrected chi connectivity index (χ3v) is 3.67. The molecule has 0 radical (unpaired) electrons. The number of rotatable bonds is 7. The highest BCUT2D eigenvalue weighted by Crippen LogP contribution is 2.23. The maximum Gasteiger partial charge on any atom is 0.292 e. The Balaban J connectivity index is 1.55. The molecule has 0 fully saturated rings. The predicted molar refractivity (Wildman–Crippen MR) is 98.4 cm³/mol. The van der Waals surface area contributed by atoms with Crippen molar-refractivity contribution in [2.75, 3.05) is 17.2 Å². The summed E-state index contributed by atoms with van der Waals surface area (Å²) in [5.41, 5.74) is 1.88. The number of para-hydroxylation sites is 2. The summed E-state index contributed by atoms with van der Waals surface area (Å²) in [6.07, 6.45) is 3.68. The average molecular weight is 351 g/mol. The van der Waals surface area contributed by atoms with Gasteiger partial charge < -0.3 is 10.6 Å². The summed E-state index contributed by atoms with van der Waals surface area (Å²) in [6, 6.07) is 15.5. The largest absolute Gasteiger partial charge is 0.379 e. The molecule has 0 bridgehead atoms. The molecular weight excluding hydrogens is 334 g/mol. The molecule has 0 spiro atoms. The van der Waals surface area contributed by atoms with E-state index in [1.165, 1.54) is 6.07 Å². The Morgan fingerprint density at radius 3 is 2.77 bits per heavy atom. The Hall–Kier alpha value is -3.68. The normalized spacial score (nSPS) is 10.3. The van der Waals surface area contributed by atoms with E-state index >= 15 is 0 Å². The molecule has 0 saturated heterocycles. The topological polar surface area (TPSA) is 102 Å². The Kier molecular flexibility index (Phi) is 5.23. The number of nitrogens with zero attached hydrogens (tertiary/aromatic N) is 3. The molecule has 1 heterocycles. The van der Waals surface area contributed by atoms with Gasteiger partial charge in [0.2, 0.25) is 5.91 Å². The third-order valence-electron chi connectivity index (χ3n) is 3.67. The smallest absolute Gasteiger partial charge is 0.292 e. The van der Waals surface area contributed by atoms with Crippen LogP contribution in [0.15, 0.2) is 67.0 Å². The molecule has 0 aliphatic rings. The van der Waals surface area contributed by atoms with E-state index in [9.17, 15) is 14.9 Å². The molecule has 0 saturated carbocycles. The van der Waals surface area contributed by atoms with Crippen LogP contribution in [-0.2, 0) is 4.79 Å². The number of nitro benzene ring substituents is 1. The van der Waals surface area contributed by atoms with E-state index in [0.717, 1.165) is 5.69 Å². The van der Waals surface area contributed by atoms with Gasteiger partial charge >= 0.3 is 0 Å². The SMILES string of the molecule is O=C(CCNc1ccccc1[N+](=O)[O-])Nc1cccc(-n2cccn2)c1. The zero-order valence-corrected chi connectivity index (χ0v) is 13.8. The van der Waals surface area contributed by atoms with Crippen LogP contribution in [0.25, 0.3) is 5.69 Å². The lowest BCUT2D eigenvalue weighted by Gasteiger charge is -2.09. The summed E-state index contributed by atoms with van der Waals surface area (Å²) >= 11 is 0. The number of nitrogens with one attached hydrogen (secondary N) is 2. The van der Waals surface area contributed by atoms with Crippen molar-refractivity contribution in [3.05, 3.63) is 77.1 Å². The van der Waals surface area contributed by atoms with Crippen molar-refractivity contribution in [2.45, 2.75) is 6.42 Å². The number of hydrogen-bond donors (Lipinski definition) is 2. The van der Waals surface area contributed by atoms with Gasteiger partial charge in [0.05, 0.1) is 10.6 Å². The molecule has 132 valence electrons. The van der Waals surface area contributed by atoms with Crippen LogP contribution in [0.2, 0.25) is 0 Å². The molecule has 26 heavy (non-hydrogen) atoms. The first-order valence-corrected chi connectivity index (χ1v) is 8.01. The molecule has 2 N–H and O–H groups in total. The molecule has 3 rings (SSSR count). The second kappa shape index (κ2) is 7.93. The van der Waals surface area contributed by atoms with Crippen LogP contribution in [0.1, 0.15) is 6.42 Å². The number of carbonyl (C=O) groups is 1. The van der Waals surface area contributed by atoms with E-state index in [4.69, 9.17) is 0 Å². The molecule has 0 unspecified atom stereocenters. The zero-order chi connectivity index (χ0) is 18.4. The van der Waals surface area contributed by atoms with Gasteiger partial charge in [0.25, 0.3) is 5.69 Å². The number of anilines is 2. The second-order valence-electron chi connectivity index (χ2n) is 5.50. The first-order chi connectivity index (χ1) is 12.6. The van der Waals surface area contributed by atoms with Gasteiger partial charge in [-0.2, -0.15) is 5.10 Å². The Labute approximate surface area is 149 Å². The van der Waals surface area contributed by atoms with Gasteiger partial charge in [-0.05, 0) is 30.3 Å². The van der Waals surface area contributed by atoms with Crippen molar-refractivity contribution in [2.24, 2.45) is 0 Å². The number of aromatic nitrogens is 2. The average Bonchev–Trinajstić information content (AvgIpc) is 3.17. The number of nitro groups is 1. The van der Waals surface area contributed by atoms with Crippen molar-refractivity contribution in [3.8, 4) is 5.69 Å². The highest BCUT2D eigenvalue weighted by molar-refractivity contribution is 5.91. The molecule has 8 heteroatoms. The molecule has 8 nitrogen and oxygen atoms in total. The molecule has 0 atom stereocenters. The lowest BCUT2D eigenvalue weighted by atomic mass is 10.2. The number of amides is 1. The van der Waals surface area contributed by atoms with Gasteiger partial charge in [0.15, 0.2) is 0 Å². The zero-order valence-electron chi connectivity index (χ0n) is 13.8. The summed E-state index contributed by atoms with van der Waals surface area (Å²) in [5.74, 6) is -0.186. The van der Waals surface area contributed by atoms with Gasteiger partial charge in [-0.15, -0.1) is 0 Å². The fraction of sp³-hybridized carbons (Fsp3) is 0.111. The van der Waals surface area contributed by atoms with Crippen molar-refractivity contribution in [1.29, 1.82) is 0 Å². The van der Waals surface area contributed by atoms with E-state index < -0.39 is 4.92 Å². The molecule has 0 aliphatic heterocycles. The maximum atomic E-state index is 12.1. The van der Waals surface area contributed by atoms with Gasteiger partial charge in [-0.25, -0.2) is 4.68 Å². The second-order valence-corrected chi connectivity index (χ2v) is 5.50. The van der Waals surface area contributed by atoms with Gasteiger partial charge in [0, 0.05) is 37.1 Å². The van der Waals surface area contributed by atoms with Crippen LogP contribution >= 0.6 is 0 Å². The summed E-state index contributed by atoms with van der Waals surface area (Å²) in [4.78, 5) is 22.6. The van der Waals surface area contributed by atoms with Crippen LogP contribution in [0.5, 0.6) is 0 Å². The fourth-order valence-electron chi connectivity index (χ4n) is 2.46. The Bertz CT molecular complexity index is 909. The van der Waals surface area contributed by atoms with Crippen molar-refractivity contribution in [1.82, 2.24) is 9.78 Å². The van der Waals surface area contributed by atoms with E-state index in [0.29, 0.717) is 11.4 Å². The van der Waals surface area contributed by atoms with Crippen molar-refractivity contribution in [3.63, 3.8) is 0 Å². The fourth-order valence-corrected chi connectivity index (χ4v) is 2.46. The maximum absolute atomic E-state index is 12.1. The van der Waals surface area contributed by atoms with Crippen LogP contribution in [-0.4, -0.2) is 27.2 Å². The van der Waals surface area contributed by atoms with Crippen LogP contribution in [0, 0.1) is 10.1 Å². The third kappa shape index (κ3) is 4.23. The van der Waals surface area contributed by atoms with E-state index in [2.05, 4.69) is 15.7 Å². The highest BCUT2D eigenvalue weighted by atomic mass is 16.6. The van der Waals surface area contributed by atoms with Crippen molar-refractivity contribution < 1.29 is 9.72 Å². The van der Waals surface area contributed by atoms with E-state index in [-0.39, 0.29) is 24.6 Å². The quantitative estimate of drug-likeness (QED) is 0.503. The standard InChI is InChI=1S/C18H17N5O3/c24-18(9-11-19-16-7-1-2-8-17(16)23(25)26)21-14-5-3-6-15(13-14)22-12-4-10-20-22/h1-8,10,12-13,19H,9,11H2,(H,21,24). The molecule has 1 aromatic heterocycles. The van der Waals surface area contributed by atoms with Gasteiger partial charge in [-0.3, -0.25) is 14.9 Å². The number of benzene rings is 2. The lowest BCUT2D eigenvalue weighted by molar-refractivity contribution is -0.384. The minimum atomic E-state index is -0.455. The molecule has 1 amide bonds. The van der Waals surface area contributed by atoms with Crippen LogP contribution in [0.3, 0.4) is 0 Å². The first-order valence-electron chi connectivity index (χ1n) is 8.01. The molecular formula is C18H17N5O3. The number of hydrogen-bond acceptors (Lipinski definition) is 5. The van der Waals surface area contributed by atoms with Gasteiger partial charge in [-0.1, -0.05) is 18.2 Å². The van der Waals surface area contributed by atoms with Gasteiger partial charge in [0.1, 0.15) is 5.69 Å². The molecule has 0 aliphatic carbocycles. The highest BCUT2D eigenvalue weighted by Gasteiger charge is 2.12.